The topological polar surface area (TPSA) is 102 Å². The lowest BCUT2D eigenvalue weighted by Gasteiger charge is -2.14. The van der Waals surface area contributed by atoms with E-state index in [1.807, 2.05) is 32.0 Å². The Morgan fingerprint density at radius 1 is 0.974 bits per heavy atom. The molecule has 3 aromatic carbocycles. The number of carbonyl (C=O) groups is 2. The van der Waals surface area contributed by atoms with Crippen molar-refractivity contribution >= 4 is 40.2 Å². The average molecular weight is 531 g/mol. The highest BCUT2D eigenvalue weighted by Gasteiger charge is 2.14. The van der Waals surface area contributed by atoms with Crippen LogP contribution in [0.3, 0.4) is 0 Å². The molecule has 1 heterocycles. The molecule has 0 spiro atoms. The summed E-state index contributed by atoms with van der Waals surface area (Å²) in [5.41, 5.74) is 2.45. The number of nitrogens with zero attached hydrogens (tertiary/aromatic N) is 2. The minimum atomic E-state index is -0.212. The van der Waals surface area contributed by atoms with Crippen LogP contribution in [0, 0.1) is 0 Å². The number of fused-ring (bicyclic) bond motifs is 1. The highest BCUT2D eigenvalue weighted by atomic mass is 32.2. The fraction of sp³-hybridized carbons (Fsp3) is 0.241. The van der Waals surface area contributed by atoms with E-state index < -0.39 is 0 Å². The van der Waals surface area contributed by atoms with Gasteiger partial charge in [-0.3, -0.25) is 19.0 Å². The number of anilines is 1. The van der Waals surface area contributed by atoms with Gasteiger partial charge >= 0.3 is 0 Å². The Morgan fingerprint density at radius 2 is 1.71 bits per heavy atom. The molecule has 1 aromatic heterocycles. The van der Waals surface area contributed by atoms with Crippen LogP contribution in [0.1, 0.15) is 36.2 Å². The molecule has 0 saturated heterocycles. The number of amides is 2. The molecule has 38 heavy (non-hydrogen) atoms. The summed E-state index contributed by atoms with van der Waals surface area (Å²) in [4.78, 5) is 43.0. The predicted octanol–water partition coefficient (Wildman–Crippen LogP) is 4.71. The monoisotopic (exact) mass is 530 g/mol. The minimum absolute atomic E-state index is 0.0779. The van der Waals surface area contributed by atoms with Crippen LogP contribution < -0.4 is 20.9 Å². The lowest BCUT2D eigenvalue weighted by Crippen LogP contribution is -2.25. The largest absolute Gasteiger partial charge is 0.494 e. The highest BCUT2D eigenvalue weighted by molar-refractivity contribution is 7.99. The van der Waals surface area contributed by atoms with Crippen molar-refractivity contribution in [1.82, 2.24) is 14.9 Å². The highest BCUT2D eigenvalue weighted by Crippen LogP contribution is 2.21. The van der Waals surface area contributed by atoms with Gasteiger partial charge in [0, 0.05) is 17.8 Å². The summed E-state index contributed by atoms with van der Waals surface area (Å²) in [5, 5.41) is 6.67. The van der Waals surface area contributed by atoms with E-state index in [0.717, 1.165) is 17.7 Å². The molecule has 0 atom stereocenters. The zero-order valence-corrected chi connectivity index (χ0v) is 22.2. The van der Waals surface area contributed by atoms with Gasteiger partial charge in [-0.1, -0.05) is 43.0 Å². The second kappa shape index (κ2) is 12.9. The van der Waals surface area contributed by atoms with Crippen molar-refractivity contribution in [2.75, 3.05) is 24.2 Å². The van der Waals surface area contributed by atoms with Crippen LogP contribution in [-0.4, -0.2) is 40.3 Å². The van der Waals surface area contributed by atoms with Crippen molar-refractivity contribution in [3.8, 4) is 5.75 Å². The van der Waals surface area contributed by atoms with E-state index in [-0.39, 0.29) is 29.7 Å². The Hall–Kier alpha value is -4.11. The van der Waals surface area contributed by atoms with Crippen LogP contribution in [0.2, 0.25) is 0 Å². The van der Waals surface area contributed by atoms with Crippen molar-refractivity contribution in [1.29, 1.82) is 0 Å². The normalized spacial score (nSPS) is 10.8. The first kappa shape index (κ1) is 26.9. The van der Waals surface area contributed by atoms with Crippen LogP contribution in [0.4, 0.5) is 5.69 Å². The van der Waals surface area contributed by atoms with Crippen LogP contribution >= 0.6 is 11.8 Å². The van der Waals surface area contributed by atoms with Crippen LogP contribution in [-0.2, 0) is 11.3 Å². The maximum atomic E-state index is 13.4. The van der Waals surface area contributed by atoms with Gasteiger partial charge in [-0.15, -0.1) is 0 Å². The summed E-state index contributed by atoms with van der Waals surface area (Å²) >= 11 is 1.20. The van der Waals surface area contributed by atoms with E-state index in [1.165, 1.54) is 11.8 Å². The van der Waals surface area contributed by atoms with E-state index in [2.05, 4.69) is 15.6 Å². The molecule has 8 nitrogen and oxygen atoms in total. The van der Waals surface area contributed by atoms with Crippen LogP contribution in [0.5, 0.6) is 5.75 Å². The van der Waals surface area contributed by atoms with Gasteiger partial charge in [0.05, 0.1) is 29.8 Å². The molecule has 196 valence electrons. The predicted molar refractivity (Wildman–Crippen MR) is 151 cm³/mol. The molecule has 0 unspecified atom stereocenters. The first-order chi connectivity index (χ1) is 18.5. The molecule has 0 fully saturated rings. The van der Waals surface area contributed by atoms with E-state index >= 15 is 0 Å². The number of para-hydroxylation sites is 1. The molecule has 0 aliphatic carbocycles. The maximum Gasteiger partial charge on any atom is 0.262 e. The van der Waals surface area contributed by atoms with Crippen molar-refractivity contribution in [3.63, 3.8) is 0 Å². The Balaban J connectivity index is 1.52. The van der Waals surface area contributed by atoms with Crippen LogP contribution in [0.25, 0.3) is 10.9 Å². The summed E-state index contributed by atoms with van der Waals surface area (Å²) in [6.45, 7) is 5.36. The fourth-order valence-electron chi connectivity index (χ4n) is 3.81. The molecule has 4 rings (SSSR count). The number of benzene rings is 3. The first-order valence-corrected chi connectivity index (χ1v) is 13.5. The second-order valence-electron chi connectivity index (χ2n) is 8.55. The summed E-state index contributed by atoms with van der Waals surface area (Å²) in [6.07, 6.45) is 0.861. The van der Waals surface area contributed by atoms with Gasteiger partial charge in [0.25, 0.3) is 11.5 Å². The third-order valence-electron chi connectivity index (χ3n) is 5.70. The Morgan fingerprint density at radius 3 is 2.42 bits per heavy atom. The summed E-state index contributed by atoms with van der Waals surface area (Å²) < 4.78 is 7.01. The number of nitrogens with one attached hydrogen (secondary N) is 2. The van der Waals surface area contributed by atoms with E-state index in [0.29, 0.717) is 40.5 Å². The van der Waals surface area contributed by atoms with Crippen molar-refractivity contribution in [2.24, 2.45) is 0 Å². The van der Waals surface area contributed by atoms with Gasteiger partial charge in [0.2, 0.25) is 5.91 Å². The van der Waals surface area contributed by atoms with Gasteiger partial charge in [0.15, 0.2) is 5.16 Å². The quantitative estimate of drug-likeness (QED) is 0.215. The number of hydrogen-bond acceptors (Lipinski definition) is 6. The van der Waals surface area contributed by atoms with E-state index in [4.69, 9.17) is 4.74 Å². The van der Waals surface area contributed by atoms with Crippen molar-refractivity contribution < 1.29 is 14.3 Å². The molecule has 0 aliphatic rings. The standard InChI is InChI=1S/C29H30N4O4S/c1-3-17-30-27(35)21-11-9-20(10-12-21)18-33-28(36)24-7-5-6-8-25(24)32-29(33)38-19-26(34)31-22-13-15-23(16-14-22)37-4-2/h5-16H,3-4,17-19H2,1-2H3,(H,30,35)(H,31,34). The fourth-order valence-corrected chi connectivity index (χ4v) is 4.61. The maximum absolute atomic E-state index is 13.4. The summed E-state index contributed by atoms with van der Waals surface area (Å²) in [7, 11) is 0. The SMILES string of the molecule is CCCNC(=O)c1ccc(Cn2c(SCC(=O)Nc3ccc(OCC)cc3)nc3ccccc3c2=O)cc1. The molecule has 0 aliphatic heterocycles. The summed E-state index contributed by atoms with van der Waals surface area (Å²) in [5.74, 6) is 0.473. The molecule has 4 aromatic rings. The number of thioether (sulfide) groups is 1. The smallest absolute Gasteiger partial charge is 0.262 e. The van der Waals surface area contributed by atoms with E-state index in [9.17, 15) is 14.4 Å². The third-order valence-corrected chi connectivity index (χ3v) is 6.68. The van der Waals surface area contributed by atoms with E-state index in [1.54, 1.807) is 59.2 Å². The lowest BCUT2D eigenvalue weighted by molar-refractivity contribution is -0.113. The third kappa shape index (κ3) is 6.80. The van der Waals surface area contributed by atoms with Crippen molar-refractivity contribution in [2.45, 2.75) is 32.0 Å². The van der Waals surface area contributed by atoms with Gasteiger partial charge < -0.3 is 15.4 Å². The Labute approximate surface area is 225 Å². The zero-order chi connectivity index (χ0) is 26.9. The first-order valence-electron chi connectivity index (χ1n) is 12.5. The lowest BCUT2D eigenvalue weighted by atomic mass is 10.1. The number of carbonyl (C=O) groups excluding carboxylic acids is 2. The number of hydrogen-bond donors (Lipinski definition) is 2. The molecule has 9 heteroatoms. The molecule has 2 amide bonds. The zero-order valence-electron chi connectivity index (χ0n) is 21.4. The van der Waals surface area contributed by atoms with Gasteiger partial charge in [-0.05, 0) is 67.4 Å². The second-order valence-corrected chi connectivity index (χ2v) is 9.49. The molecule has 0 bridgehead atoms. The molecule has 0 radical (unpaired) electrons. The van der Waals surface area contributed by atoms with Gasteiger partial charge in [0.1, 0.15) is 5.75 Å². The average Bonchev–Trinajstić information content (AvgIpc) is 2.94. The van der Waals surface area contributed by atoms with Gasteiger partial charge in [-0.25, -0.2) is 4.98 Å². The summed E-state index contributed by atoms with van der Waals surface area (Å²) in [6, 6.07) is 21.5. The molecular weight excluding hydrogens is 500 g/mol. The van der Waals surface area contributed by atoms with Crippen molar-refractivity contribution in [3.05, 3.63) is 94.3 Å². The van der Waals surface area contributed by atoms with Gasteiger partial charge in [-0.2, -0.15) is 0 Å². The minimum Gasteiger partial charge on any atom is -0.494 e. The number of rotatable bonds is 11. The Bertz CT molecular complexity index is 1470. The Kier molecular flexibility index (Phi) is 9.16. The van der Waals surface area contributed by atoms with Crippen LogP contribution in [0.15, 0.2) is 82.7 Å². The number of aromatic nitrogens is 2. The number of ether oxygens (including phenoxy) is 1. The molecule has 0 saturated carbocycles. The molecular formula is C29H30N4O4S. The molecule has 2 N–H and O–H groups in total.